The van der Waals surface area contributed by atoms with Crippen LogP contribution < -0.4 is 5.73 Å². The van der Waals surface area contributed by atoms with Crippen molar-refractivity contribution < 1.29 is 9.63 Å². The summed E-state index contributed by atoms with van der Waals surface area (Å²) in [7, 11) is 0. The molecule has 0 fully saturated rings. The Labute approximate surface area is 88.5 Å². The minimum Gasteiger partial charge on any atom is -0.507 e. The van der Waals surface area contributed by atoms with Gasteiger partial charge in [-0.3, -0.25) is 0 Å². The smallest absolute Gasteiger partial charge is 0.222 e. The maximum atomic E-state index is 9.28. The lowest BCUT2D eigenvalue weighted by molar-refractivity contribution is 0.439. The number of hydrogen-bond acceptors (Lipinski definition) is 4. The fraction of sp³-hybridized carbons (Fsp3) is 0. The highest BCUT2D eigenvalue weighted by Gasteiger charge is 2.06. The molecule has 0 aliphatic carbocycles. The molecule has 14 heavy (non-hydrogen) atoms. The number of nitrogen functional groups attached to an aromatic ring is 1. The molecule has 2 aromatic rings. The van der Waals surface area contributed by atoms with Crippen molar-refractivity contribution in [1.29, 1.82) is 0 Å². The maximum Gasteiger partial charge on any atom is 0.222 e. The third kappa shape index (κ3) is 1.58. The lowest BCUT2D eigenvalue weighted by Crippen LogP contribution is -1.78. The van der Waals surface area contributed by atoms with Gasteiger partial charge >= 0.3 is 0 Å². The van der Waals surface area contributed by atoms with Gasteiger partial charge in [0.2, 0.25) is 5.88 Å². The van der Waals surface area contributed by atoms with Gasteiger partial charge in [0.15, 0.2) is 0 Å². The first-order valence-corrected chi connectivity index (χ1v) is 4.67. The fourth-order valence-electron chi connectivity index (χ4n) is 1.09. The molecule has 0 saturated heterocycles. The summed E-state index contributed by atoms with van der Waals surface area (Å²) < 4.78 is 5.35. The van der Waals surface area contributed by atoms with E-state index in [4.69, 9.17) is 10.3 Å². The zero-order valence-corrected chi connectivity index (χ0v) is 8.65. The van der Waals surface area contributed by atoms with Gasteiger partial charge in [-0.1, -0.05) is 5.16 Å². The van der Waals surface area contributed by atoms with E-state index in [1.54, 1.807) is 24.3 Å². The van der Waals surface area contributed by atoms with Gasteiger partial charge in [-0.05, 0) is 34.1 Å². The Bertz CT molecular complexity index is 468. The molecule has 5 heteroatoms. The summed E-state index contributed by atoms with van der Waals surface area (Å²) in [5, 5.41) is 13.0. The zero-order valence-electron chi connectivity index (χ0n) is 7.07. The Balaban J connectivity index is 2.47. The van der Waals surface area contributed by atoms with Gasteiger partial charge < -0.3 is 15.4 Å². The average Bonchev–Trinajstić information content (AvgIpc) is 2.57. The lowest BCUT2D eigenvalue weighted by atomic mass is 10.1. The van der Waals surface area contributed by atoms with E-state index in [9.17, 15) is 5.11 Å². The van der Waals surface area contributed by atoms with Crippen LogP contribution in [-0.2, 0) is 0 Å². The number of phenolic OH excluding ortho intramolecular Hbond substituents is 1. The number of rotatable bonds is 1. The normalized spacial score (nSPS) is 10.4. The highest BCUT2D eigenvalue weighted by molar-refractivity contribution is 9.10. The molecular weight excluding hydrogens is 248 g/mol. The molecule has 1 heterocycles. The molecule has 0 aliphatic heterocycles. The number of nitrogens with two attached hydrogens (primary N) is 1. The van der Waals surface area contributed by atoms with Crippen LogP contribution in [0.15, 0.2) is 33.3 Å². The predicted octanol–water partition coefficient (Wildman–Crippen LogP) is 2.39. The molecule has 1 aromatic carbocycles. The minimum absolute atomic E-state index is 0.185. The number of halogens is 1. The number of hydrogen-bond donors (Lipinski definition) is 2. The van der Waals surface area contributed by atoms with Crippen LogP contribution in [0.2, 0.25) is 0 Å². The lowest BCUT2D eigenvalue weighted by Gasteiger charge is -1.98. The molecule has 0 aliphatic rings. The molecule has 72 valence electrons. The Hall–Kier alpha value is -1.49. The van der Waals surface area contributed by atoms with Crippen LogP contribution in [0.3, 0.4) is 0 Å². The molecule has 2 rings (SSSR count). The van der Waals surface area contributed by atoms with E-state index in [0.29, 0.717) is 10.2 Å². The van der Waals surface area contributed by atoms with Crippen LogP contribution in [0.5, 0.6) is 5.75 Å². The van der Waals surface area contributed by atoms with Crippen molar-refractivity contribution in [3.8, 4) is 17.0 Å². The number of aromatic nitrogens is 1. The first kappa shape index (κ1) is 9.08. The highest BCUT2D eigenvalue weighted by Crippen LogP contribution is 2.29. The van der Waals surface area contributed by atoms with Crippen molar-refractivity contribution >= 4 is 21.8 Å². The van der Waals surface area contributed by atoms with Crippen LogP contribution in [-0.4, -0.2) is 10.3 Å². The third-order valence-corrected chi connectivity index (χ3v) is 2.41. The van der Waals surface area contributed by atoms with Crippen molar-refractivity contribution in [1.82, 2.24) is 5.16 Å². The van der Waals surface area contributed by atoms with E-state index in [1.807, 2.05) is 0 Å². The van der Waals surface area contributed by atoms with E-state index in [0.717, 1.165) is 5.56 Å². The highest BCUT2D eigenvalue weighted by atomic mass is 79.9. The summed E-state index contributed by atoms with van der Waals surface area (Å²) in [5.41, 5.74) is 6.86. The van der Waals surface area contributed by atoms with Crippen LogP contribution in [0.4, 0.5) is 5.88 Å². The fourth-order valence-corrected chi connectivity index (χ4v) is 1.47. The molecular formula is C9H7BrN2O2. The van der Waals surface area contributed by atoms with Crippen LogP contribution in [0.1, 0.15) is 0 Å². The summed E-state index contributed by atoms with van der Waals surface area (Å²) in [6.45, 7) is 0. The summed E-state index contributed by atoms with van der Waals surface area (Å²) in [4.78, 5) is 0. The molecule has 0 unspecified atom stereocenters. The number of phenols is 1. The monoisotopic (exact) mass is 254 g/mol. The summed E-state index contributed by atoms with van der Waals surface area (Å²) in [5.74, 6) is 0.453. The topological polar surface area (TPSA) is 72.3 Å². The molecule has 3 N–H and O–H groups in total. The Kier molecular flexibility index (Phi) is 2.17. The zero-order chi connectivity index (χ0) is 10.1. The molecule has 0 atom stereocenters. The first-order chi connectivity index (χ1) is 6.66. The van der Waals surface area contributed by atoms with Gasteiger partial charge in [0.05, 0.1) is 4.47 Å². The second kappa shape index (κ2) is 3.34. The predicted molar refractivity (Wildman–Crippen MR) is 55.7 cm³/mol. The Morgan fingerprint density at radius 1 is 1.36 bits per heavy atom. The summed E-state index contributed by atoms with van der Waals surface area (Å²) in [6, 6.07) is 6.67. The SMILES string of the molecule is Nc1cc(-c2ccc(O)c(Br)c2)no1. The Morgan fingerprint density at radius 3 is 2.71 bits per heavy atom. The van der Waals surface area contributed by atoms with Crippen molar-refractivity contribution in [2.24, 2.45) is 0 Å². The summed E-state index contributed by atoms with van der Waals surface area (Å²) in [6.07, 6.45) is 0. The van der Waals surface area contributed by atoms with E-state index in [1.165, 1.54) is 0 Å². The van der Waals surface area contributed by atoms with Crippen LogP contribution >= 0.6 is 15.9 Å². The quantitative estimate of drug-likeness (QED) is 0.820. The van der Waals surface area contributed by atoms with Crippen molar-refractivity contribution in [3.63, 3.8) is 0 Å². The molecule has 0 amide bonds. The second-order valence-electron chi connectivity index (χ2n) is 2.78. The number of nitrogens with zero attached hydrogens (tertiary/aromatic N) is 1. The second-order valence-corrected chi connectivity index (χ2v) is 3.64. The van der Waals surface area contributed by atoms with E-state index < -0.39 is 0 Å². The molecule has 4 nitrogen and oxygen atoms in total. The van der Waals surface area contributed by atoms with Crippen LogP contribution in [0, 0.1) is 0 Å². The van der Waals surface area contributed by atoms with E-state index in [2.05, 4.69) is 21.1 Å². The van der Waals surface area contributed by atoms with Crippen molar-refractivity contribution in [3.05, 3.63) is 28.7 Å². The molecule has 1 aromatic heterocycles. The largest absolute Gasteiger partial charge is 0.507 e. The summed E-state index contributed by atoms with van der Waals surface area (Å²) >= 11 is 3.21. The van der Waals surface area contributed by atoms with Gasteiger partial charge in [0.1, 0.15) is 11.4 Å². The molecule has 0 spiro atoms. The Morgan fingerprint density at radius 2 is 2.14 bits per heavy atom. The van der Waals surface area contributed by atoms with Gasteiger partial charge in [-0.2, -0.15) is 0 Å². The van der Waals surface area contributed by atoms with Gasteiger partial charge in [-0.15, -0.1) is 0 Å². The van der Waals surface area contributed by atoms with Crippen molar-refractivity contribution in [2.75, 3.05) is 5.73 Å². The van der Waals surface area contributed by atoms with Gasteiger partial charge in [0.25, 0.3) is 0 Å². The molecule has 0 radical (unpaired) electrons. The van der Waals surface area contributed by atoms with E-state index >= 15 is 0 Å². The maximum absolute atomic E-state index is 9.28. The number of benzene rings is 1. The standard InChI is InChI=1S/C9H7BrN2O2/c10-6-3-5(1-2-8(6)13)7-4-9(11)14-12-7/h1-4,13H,11H2. The average molecular weight is 255 g/mol. The van der Waals surface area contributed by atoms with Gasteiger partial charge in [0, 0.05) is 11.6 Å². The van der Waals surface area contributed by atoms with Gasteiger partial charge in [-0.25, -0.2) is 0 Å². The minimum atomic E-state index is 0.185. The first-order valence-electron chi connectivity index (χ1n) is 3.88. The third-order valence-electron chi connectivity index (χ3n) is 1.77. The molecule has 0 saturated carbocycles. The van der Waals surface area contributed by atoms with E-state index in [-0.39, 0.29) is 11.6 Å². The number of aromatic hydroxyl groups is 1. The van der Waals surface area contributed by atoms with Crippen LogP contribution in [0.25, 0.3) is 11.3 Å². The number of anilines is 1. The van der Waals surface area contributed by atoms with Crippen molar-refractivity contribution in [2.45, 2.75) is 0 Å². The molecule has 0 bridgehead atoms.